The Labute approximate surface area is 111 Å². The molecule has 3 rings (SSSR count). The van der Waals surface area contributed by atoms with Crippen molar-refractivity contribution in [3.05, 3.63) is 65.7 Å². The Morgan fingerprint density at radius 2 is 1.68 bits per heavy atom. The summed E-state index contributed by atoms with van der Waals surface area (Å²) in [6.07, 6.45) is 2.31. The second kappa shape index (κ2) is 5.00. The van der Waals surface area contributed by atoms with Crippen molar-refractivity contribution >= 4 is 5.69 Å². The van der Waals surface area contributed by atoms with Crippen molar-refractivity contribution in [3.8, 4) is 0 Å². The number of benzene rings is 2. The van der Waals surface area contributed by atoms with Gasteiger partial charge in [0, 0.05) is 5.69 Å². The van der Waals surface area contributed by atoms with E-state index in [0.29, 0.717) is 5.92 Å². The second-order valence-corrected chi connectivity index (χ2v) is 5.02. The van der Waals surface area contributed by atoms with Crippen LogP contribution in [0.15, 0.2) is 48.5 Å². The molecule has 1 aliphatic rings. The van der Waals surface area contributed by atoms with Crippen LogP contribution in [-0.4, -0.2) is 0 Å². The Morgan fingerprint density at radius 1 is 0.947 bits per heavy atom. The maximum atomic E-state index is 13.2. The average Bonchev–Trinajstić information content (AvgIpc) is 3.22. The summed E-state index contributed by atoms with van der Waals surface area (Å²) in [5.41, 5.74) is 1.81. The van der Waals surface area contributed by atoms with Crippen molar-refractivity contribution in [3.63, 3.8) is 0 Å². The summed E-state index contributed by atoms with van der Waals surface area (Å²) >= 11 is 0. The number of anilines is 1. The monoisotopic (exact) mass is 259 g/mol. The third kappa shape index (κ3) is 2.92. The molecule has 0 heterocycles. The minimum atomic E-state index is -0.251. The zero-order chi connectivity index (χ0) is 13.2. The first-order chi connectivity index (χ1) is 9.22. The van der Waals surface area contributed by atoms with Gasteiger partial charge in [-0.05, 0) is 54.7 Å². The molecule has 0 amide bonds. The number of nitrogens with one attached hydrogen (secondary N) is 1. The minimum absolute atomic E-state index is 0.127. The highest BCUT2D eigenvalue weighted by Crippen LogP contribution is 2.42. The fourth-order valence-corrected chi connectivity index (χ4v) is 2.33. The zero-order valence-electron chi connectivity index (χ0n) is 10.4. The van der Waals surface area contributed by atoms with E-state index in [1.807, 2.05) is 6.07 Å². The molecule has 1 aliphatic carbocycles. The van der Waals surface area contributed by atoms with Crippen molar-refractivity contribution < 1.29 is 8.78 Å². The van der Waals surface area contributed by atoms with Crippen LogP contribution in [0.3, 0.4) is 0 Å². The van der Waals surface area contributed by atoms with Crippen LogP contribution in [-0.2, 0) is 0 Å². The molecular formula is C16H15F2N. The Hall–Kier alpha value is -1.90. The molecule has 2 aromatic carbocycles. The van der Waals surface area contributed by atoms with Crippen LogP contribution in [0.2, 0.25) is 0 Å². The van der Waals surface area contributed by atoms with Crippen molar-refractivity contribution in [2.24, 2.45) is 5.92 Å². The summed E-state index contributed by atoms with van der Waals surface area (Å²) < 4.78 is 26.2. The van der Waals surface area contributed by atoms with Crippen LogP contribution in [0.4, 0.5) is 14.5 Å². The summed E-state index contributed by atoms with van der Waals surface area (Å²) in [5, 5.41) is 3.36. The van der Waals surface area contributed by atoms with Gasteiger partial charge >= 0.3 is 0 Å². The molecule has 2 aromatic rings. The fraction of sp³-hybridized carbons (Fsp3) is 0.250. The molecule has 98 valence electrons. The summed E-state index contributed by atoms with van der Waals surface area (Å²) in [5.74, 6) is 0.0661. The Bertz CT molecular complexity index is 561. The minimum Gasteiger partial charge on any atom is -0.378 e. The third-order valence-electron chi connectivity index (χ3n) is 3.47. The van der Waals surface area contributed by atoms with Gasteiger partial charge in [-0.15, -0.1) is 0 Å². The van der Waals surface area contributed by atoms with Crippen LogP contribution in [0.25, 0.3) is 0 Å². The van der Waals surface area contributed by atoms with Crippen LogP contribution in [0, 0.1) is 17.6 Å². The van der Waals surface area contributed by atoms with Gasteiger partial charge in [-0.3, -0.25) is 0 Å². The third-order valence-corrected chi connectivity index (χ3v) is 3.47. The van der Waals surface area contributed by atoms with E-state index < -0.39 is 0 Å². The largest absolute Gasteiger partial charge is 0.378 e. The number of hydrogen-bond acceptors (Lipinski definition) is 1. The first-order valence-electron chi connectivity index (χ1n) is 6.50. The Balaban J connectivity index is 1.83. The lowest BCUT2D eigenvalue weighted by atomic mass is 10.0. The molecular weight excluding hydrogens is 244 g/mol. The van der Waals surface area contributed by atoms with Crippen LogP contribution in [0.1, 0.15) is 24.4 Å². The molecule has 0 spiro atoms. The lowest BCUT2D eigenvalue weighted by Gasteiger charge is -2.20. The lowest BCUT2D eigenvalue weighted by Crippen LogP contribution is -2.13. The molecule has 19 heavy (non-hydrogen) atoms. The summed E-state index contributed by atoms with van der Waals surface area (Å²) in [6.45, 7) is 0. The molecule has 1 nitrogen and oxygen atoms in total. The van der Waals surface area contributed by atoms with Crippen molar-refractivity contribution in [2.75, 3.05) is 5.32 Å². The number of hydrogen-bond donors (Lipinski definition) is 1. The van der Waals surface area contributed by atoms with Gasteiger partial charge in [0.25, 0.3) is 0 Å². The Kier molecular flexibility index (Phi) is 3.20. The molecule has 0 aliphatic heterocycles. The van der Waals surface area contributed by atoms with Gasteiger partial charge in [-0.2, -0.15) is 0 Å². The summed E-state index contributed by atoms with van der Waals surface area (Å²) in [6, 6.07) is 13.1. The van der Waals surface area contributed by atoms with E-state index in [1.165, 1.54) is 24.3 Å². The molecule has 0 radical (unpaired) electrons. The van der Waals surface area contributed by atoms with Crippen molar-refractivity contribution in [1.29, 1.82) is 0 Å². The van der Waals surface area contributed by atoms with Crippen LogP contribution < -0.4 is 5.32 Å². The lowest BCUT2D eigenvalue weighted by molar-refractivity contribution is 0.621. The zero-order valence-corrected chi connectivity index (χ0v) is 10.4. The maximum absolute atomic E-state index is 13.2. The van der Waals surface area contributed by atoms with Gasteiger partial charge in [-0.1, -0.05) is 18.2 Å². The quantitative estimate of drug-likeness (QED) is 0.850. The first kappa shape index (κ1) is 12.2. The molecule has 1 N–H and O–H groups in total. The highest BCUT2D eigenvalue weighted by molar-refractivity contribution is 5.46. The average molecular weight is 259 g/mol. The first-order valence-corrected chi connectivity index (χ1v) is 6.50. The normalized spacial score (nSPS) is 16.1. The van der Waals surface area contributed by atoms with E-state index in [-0.39, 0.29) is 17.7 Å². The van der Waals surface area contributed by atoms with E-state index >= 15 is 0 Å². The highest BCUT2D eigenvalue weighted by Gasteiger charge is 2.32. The van der Waals surface area contributed by atoms with Crippen molar-refractivity contribution in [1.82, 2.24) is 0 Å². The predicted octanol–water partition coefficient (Wildman–Crippen LogP) is 4.53. The molecule has 0 bridgehead atoms. The van der Waals surface area contributed by atoms with Crippen LogP contribution in [0.5, 0.6) is 0 Å². The Morgan fingerprint density at radius 3 is 2.32 bits per heavy atom. The van der Waals surface area contributed by atoms with Gasteiger partial charge in [0.05, 0.1) is 6.04 Å². The van der Waals surface area contributed by atoms with E-state index in [4.69, 9.17) is 0 Å². The van der Waals surface area contributed by atoms with Crippen molar-refractivity contribution in [2.45, 2.75) is 18.9 Å². The van der Waals surface area contributed by atoms with Gasteiger partial charge in [0.2, 0.25) is 0 Å². The molecule has 1 saturated carbocycles. The topological polar surface area (TPSA) is 12.0 Å². The molecule has 1 fully saturated rings. The number of halogens is 2. The molecule has 0 saturated heterocycles. The van der Waals surface area contributed by atoms with E-state index in [1.54, 1.807) is 18.2 Å². The molecule has 3 heteroatoms. The summed E-state index contributed by atoms with van der Waals surface area (Å²) in [7, 11) is 0. The van der Waals surface area contributed by atoms with E-state index in [2.05, 4.69) is 5.32 Å². The maximum Gasteiger partial charge on any atom is 0.125 e. The van der Waals surface area contributed by atoms with Gasteiger partial charge in [-0.25, -0.2) is 8.78 Å². The standard InChI is InChI=1S/C16H15F2N/c17-13-8-6-12(7-9-13)16(11-4-5-11)19-15-3-1-2-14(18)10-15/h1-3,6-11,16,19H,4-5H2. The second-order valence-electron chi connectivity index (χ2n) is 5.02. The fourth-order valence-electron chi connectivity index (χ4n) is 2.33. The van der Waals surface area contributed by atoms with Gasteiger partial charge in [0.15, 0.2) is 0 Å². The summed E-state index contributed by atoms with van der Waals surface area (Å²) in [4.78, 5) is 0. The predicted molar refractivity (Wildman–Crippen MR) is 71.9 cm³/mol. The SMILES string of the molecule is Fc1ccc(C(Nc2cccc(F)c2)C2CC2)cc1. The number of rotatable bonds is 4. The molecule has 0 aromatic heterocycles. The smallest absolute Gasteiger partial charge is 0.125 e. The molecule has 1 unspecified atom stereocenters. The van der Waals surface area contributed by atoms with Gasteiger partial charge in [0.1, 0.15) is 11.6 Å². The van der Waals surface area contributed by atoms with Gasteiger partial charge < -0.3 is 5.32 Å². The van der Waals surface area contributed by atoms with Crippen LogP contribution >= 0.6 is 0 Å². The molecule has 1 atom stereocenters. The highest BCUT2D eigenvalue weighted by atomic mass is 19.1. The van der Waals surface area contributed by atoms with E-state index in [9.17, 15) is 8.78 Å². The van der Waals surface area contributed by atoms with E-state index in [0.717, 1.165) is 24.1 Å².